The lowest BCUT2D eigenvalue weighted by molar-refractivity contribution is -0.122. The third-order valence-corrected chi connectivity index (χ3v) is 2.06. The van der Waals surface area contributed by atoms with Gasteiger partial charge in [-0.3, -0.25) is 4.79 Å². The van der Waals surface area contributed by atoms with Gasteiger partial charge in [0.15, 0.2) is 0 Å². The van der Waals surface area contributed by atoms with Crippen molar-refractivity contribution in [2.45, 2.75) is 25.4 Å². The molecular weight excluding hydrogens is 156 g/mol. The summed E-state index contributed by atoms with van der Waals surface area (Å²) in [7, 11) is 1.64. The minimum atomic E-state index is -0.123. The highest BCUT2D eigenvalue weighted by atomic mass is 16.5. The van der Waals surface area contributed by atoms with E-state index >= 15 is 0 Å². The van der Waals surface area contributed by atoms with Gasteiger partial charge < -0.3 is 15.4 Å². The third kappa shape index (κ3) is 2.46. The maximum atomic E-state index is 11.1. The zero-order valence-electron chi connectivity index (χ0n) is 7.59. The van der Waals surface area contributed by atoms with E-state index in [0.717, 1.165) is 19.6 Å². The van der Waals surface area contributed by atoms with Crippen molar-refractivity contribution in [2.24, 2.45) is 0 Å². The molecule has 1 saturated heterocycles. The summed E-state index contributed by atoms with van der Waals surface area (Å²) in [5.74, 6) is 0.0295. The van der Waals surface area contributed by atoms with Crippen molar-refractivity contribution in [3.8, 4) is 0 Å². The number of hydrogen-bond acceptors (Lipinski definition) is 3. The zero-order chi connectivity index (χ0) is 8.97. The minimum Gasteiger partial charge on any atom is -0.380 e. The fraction of sp³-hybridized carbons (Fsp3) is 0.875. The van der Waals surface area contributed by atoms with Crippen LogP contribution in [-0.4, -0.2) is 38.3 Å². The molecule has 0 spiro atoms. The average Bonchev–Trinajstić information content (AvgIpc) is 2.55. The molecule has 1 rings (SSSR count). The Balaban J connectivity index is 2.24. The normalized spacial score (nSPS) is 25.3. The van der Waals surface area contributed by atoms with Gasteiger partial charge in [-0.05, 0) is 13.3 Å². The Bertz CT molecular complexity index is 155. The van der Waals surface area contributed by atoms with Gasteiger partial charge in [-0.15, -0.1) is 0 Å². The molecule has 0 aromatic carbocycles. The second kappa shape index (κ2) is 4.42. The Morgan fingerprint density at radius 1 is 1.67 bits per heavy atom. The molecule has 2 atom stereocenters. The summed E-state index contributed by atoms with van der Waals surface area (Å²) in [6.45, 7) is 3.39. The van der Waals surface area contributed by atoms with E-state index in [0.29, 0.717) is 6.04 Å². The van der Waals surface area contributed by atoms with Gasteiger partial charge in [-0.2, -0.15) is 0 Å². The SMILES string of the molecule is CNC(=O)C(C)NC1CCOC1. The standard InChI is InChI=1S/C8H16N2O2/c1-6(8(11)9-2)10-7-3-4-12-5-7/h6-7,10H,3-5H2,1-2H3,(H,9,11). The van der Waals surface area contributed by atoms with E-state index in [1.807, 2.05) is 6.92 Å². The molecule has 1 amide bonds. The van der Waals surface area contributed by atoms with Gasteiger partial charge in [0, 0.05) is 19.7 Å². The van der Waals surface area contributed by atoms with E-state index in [2.05, 4.69) is 10.6 Å². The van der Waals surface area contributed by atoms with Gasteiger partial charge in [0.25, 0.3) is 0 Å². The summed E-state index contributed by atoms with van der Waals surface area (Å²) >= 11 is 0. The lowest BCUT2D eigenvalue weighted by Crippen LogP contribution is -2.45. The molecule has 0 aromatic heterocycles. The number of carbonyl (C=O) groups is 1. The van der Waals surface area contributed by atoms with Crippen LogP contribution in [-0.2, 0) is 9.53 Å². The number of amides is 1. The predicted molar refractivity (Wildman–Crippen MR) is 45.9 cm³/mol. The van der Waals surface area contributed by atoms with E-state index in [9.17, 15) is 4.79 Å². The molecule has 70 valence electrons. The lowest BCUT2D eigenvalue weighted by atomic mass is 10.2. The molecule has 4 nitrogen and oxygen atoms in total. The van der Waals surface area contributed by atoms with Crippen molar-refractivity contribution in [3.63, 3.8) is 0 Å². The fourth-order valence-corrected chi connectivity index (χ4v) is 1.31. The van der Waals surface area contributed by atoms with E-state index < -0.39 is 0 Å². The van der Waals surface area contributed by atoms with Crippen LogP contribution in [0.1, 0.15) is 13.3 Å². The second-order valence-electron chi connectivity index (χ2n) is 3.06. The van der Waals surface area contributed by atoms with Crippen LogP contribution in [0.25, 0.3) is 0 Å². The monoisotopic (exact) mass is 172 g/mol. The van der Waals surface area contributed by atoms with Crippen molar-refractivity contribution in [1.29, 1.82) is 0 Å². The fourth-order valence-electron chi connectivity index (χ4n) is 1.31. The first-order valence-corrected chi connectivity index (χ1v) is 4.29. The Kier molecular flexibility index (Phi) is 3.49. The van der Waals surface area contributed by atoms with Gasteiger partial charge in [-0.25, -0.2) is 0 Å². The third-order valence-electron chi connectivity index (χ3n) is 2.06. The molecule has 1 heterocycles. The van der Waals surface area contributed by atoms with Gasteiger partial charge >= 0.3 is 0 Å². The van der Waals surface area contributed by atoms with Crippen LogP contribution in [0.5, 0.6) is 0 Å². The number of hydrogen-bond donors (Lipinski definition) is 2. The number of carbonyl (C=O) groups excluding carboxylic acids is 1. The topological polar surface area (TPSA) is 50.4 Å². The van der Waals surface area contributed by atoms with Gasteiger partial charge in [0.2, 0.25) is 5.91 Å². The van der Waals surface area contributed by atoms with E-state index in [4.69, 9.17) is 4.74 Å². The molecule has 0 saturated carbocycles. The van der Waals surface area contributed by atoms with Gasteiger partial charge in [-0.1, -0.05) is 0 Å². The predicted octanol–water partition coefficient (Wildman–Crippen LogP) is -0.501. The number of likely N-dealkylation sites (N-methyl/N-ethyl adjacent to an activating group) is 1. The largest absolute Gasteiger partial charge is 0.380 e. The number of ether oxygens (including phenoxy) is 1. The first-order chi connectivity index (χ1) is 5.74. The number of nitrogens with one attached hydrogen (secondary N) is 2. The maximum Gasteiger partial charge on any atom is 0.236 e. The summed E-state index contributed by atoms with van der Waals surface area (Å²) < 4.78 is 5.18. The number of rotatable bonds is 3. The molecular formula is C8H16N2O2. The average molecular weight is 172 g/mol. The van der Waals surface area contributed by atoms with Crippen LogP contribution in [0.15, 0.2) is 0 Å². The lowest BCUT2D eigenvalue weighted by Gasteiger charge is -2.16. The molecule has 0 radical (unpaired) electrons. The summed E-state index contributed by atoms with van der Waals surface area (Å²) in [5, 5.41) is 5.79. The summed E-state index contributed by atoms with van der Waals surface area (Å²) in [6, 6.07) is 0.221. The van der Waals surface area contributed by atoms with Crippen molar-refractivity contribution in [3.05, 3.63) is 0 Å². The molecule has 0 bridgehead atoms. The smallest absolute Gasteiger partial charge is 0.236 e. The van der Waals surface area contributed by atoms with Crippen molar-refractivity contribution in [2.75, 3.05) is 20.3 Å². The van der Waals surface area contributed by atoms with Crippen LogP contribution in [0, 0.1) is 0 Å². The summed E-state index contributed by atoms with van der Waals surface area (Å²) in [5.41, 5.74) is 0. The van der Waals surface area contributed by atoms with Crippen LogP contribution in [0.2, 0.25) is 0 Å². The van der Waals surface area contributed by atoms with Crippen LogP contribution >= 0.6 is 0 Å². The zero-order valence-corrected chi connectivity index (χ0v) is 7.59. The quantitative estimate of drug-likeness (QED) is 0.603. The highest BCUT2D eigenvalue weighted by molar-refractivity contribution is 5.80. The summed E-state index contributed by atoms with van der Waals surface area (Å²) in [4.78, 5) is 11.1. The van der Waals surface area contributed by atoms with Crippen molar-refractivity contribution < 1.29 is 9.53 Å². The summed E-state index contributed by atoms with van der Waals surface area (Å²) in [6.07, 6.45) is 1.00. The molecule has 0 aromatic rings. The minimum absolute atomic E-state index is 0.0295. The highest BCUT2D eigenvalue weighted by Gasteiger charge is 2.20. The Labute approximate surface area is 72.7 Å². The Morgan fingerprint density at radius 2 is 2.42 bits per heavy atom. The first-order valence-electron chi connectivity index (χ1n) is 4.29. The molecule has 2 unspecified atom stereocenters. The molecule has 1 aliphatic rings. The second-order valence-corrected chi connectivity index (χ2v) is 3.06. The van der Waals surface area contributed by atoms with Crippen molar-refractivity contribution in [1.82, 2.24) is 10.6 Å². The van der Waals surface area contributed by atoms with Crippen LogP contribution in [0.4, 0.5) is 0 Å². The molecule has 1 fully saturated rings. The Hall–Kier alpha value is -0.610. The van der Waals surface area contributed by atoms with Crippen molar-refractivity contribution >= 4 is 5.91 Å². The van der Waals surface area contributed by atoms with Gasteiger partial charge in [0.1, 0.15) is 0 Å². The van der Waals surface area contributed by atoms with Crippen LogP contribution in [0.3, 0.4) is 0 Å². The maximum absolute atomic E-state index is 11.1. The van der Waals surface area contributed by atoms with E-state index in [-0.39, 0.29) is 11.9 Å². The molecule has 1 aliphatic heterocycles. The molecule has 2 N–H and O–H groups in total. The van der Waals surface area contributed by atoms with Crippen LogP contribution < -0.4 is 10.6 Å². The Morgan fingerprint density at radius 3 is 2.92 bits per heavy atom. The van der Waals surface area contributed by atoms with E-state index in [1.54, 1.807) is 7.05 Å². The molecule has 0 aliphatic carbocycles. The first kappa shape index (κ1) is 9.48. The molecule has 12 heavy (non-hydrogen) atoms. The molecule has 4 heteroatoms. The van der Waals surface area contributed by atoms with E-state index in [1.165, 1.54) is 0 Å². The van der Waals surface area contributed by atoms with Gasteiger partial charge in [0.05, 0.1) is 12.6 Å². The highest BCUT2D eigenvalue weighted by Crippen LogP contribution is 2.03.